The van der Waals surface area contributed by atoms with Gasteiger partial charge in [-0.1, -0.05) is 12.1 Å². The minimum Gasteiger partial charge on any atom is -0.508 e. The fourth-order valence-electron chi connectivity index (χ4n) is 1.29. The number of nitrogens with zero attached hydrogens (tertiary/aromatic N) is 1. The number of hydroxylamine groups is 2. The van der Waals surface area contributed by atoms with Crippen molar-refractivity contribution in [3.05, 3.63) is 29.8 Å². The van der Waals surface area contributed by atoms with Gasteiger partial charge >= 0.3 is 5.91 Å². The summed E-state index contributed by atoms with van der Waals surface area (Å²) in [7, 11) is 1.03. The van der Waals surface area contributed by atoms with Crippen LogP contribution in [0.1, 0.15) is 18.1 Å². The van der Waals surface area contributed by atoms with Crippen LogP contribution < -0.4 is 0 Å². The van der Waals surface area contributed by atoms with Gasteiger partial charge < -0.3 is 10.2 Å². The van der Waals surface area contributed by atoms with E-state index in [0.717, 1.165) is 7.05 Å². The fourth-order valence-corrected chi connectivity index (χ4v) is 1.29. The van der Waals surface area contributed by atoms with Crippen molar-refractivity contribution in [2.75, 3.05) is 7.05 Å². The Bertz CT molecular complexity index is 430. The molecule has 0 aliphatic rings. The third-order valence-corrected chi connectivity index (χ3v) is 2.17. The summed E-state index contributed by atoms with van der Waals surface area (Å²) in [5.41, 5.74) is 0.326. The van der Waals surface area contributed by atoms with Gasteiger partial charge in [0.15, 0.2) is 0 Å². The zero-order chi connectivity index (χ0) is 13.0. The van der Waals surface area contributed by atoms with Crippen LogP contribution in [-0.2, 0) is 9.59 Å². The number of Topliss-reactive ketones (excluding diaryl/α,β-unsaturated/α-hetero) is 1. The number of ketones is 1. The van der Waals surface area contributed by atoms with Crippen LogP contribution in [0.4, 0.5) is 0 Å². The van der Waals surface area contributed by atoms with Gasteiger partial charge in [-0.2, -0.15) is 0 Å². The zero-order valence-corrected chi connectivity index (χ0v) is 9.20. The highest BCUT2D eigenvalue weighted by Gasteiger charge is 2.21. The van der Waals surface area contributed by atoms with Crippen molar-refractivity contribution in [1.29, 1.82) is 0 Å². The quantitative estimate of drug-likeness (QED) is 0.397. The lowest BCUT2D eigenvalue weighted by atomic mass is 10.0. The average Bonchev–Trinajstić information content (AvgIpc) is 2.27. The molecule has 0 aliphatic carbocycles. The largest absolute Gasteiger partial charge is 0.508 e. The van der Waals surface area contributed by atoms with Gasteiger partial charge in [-0.05, 0) is 17.7 Å². The Morgan fingerprint density at radius 3 is 2.59 bits per heavy atom. The van der Waals surface area contributed by atoms with Gasteiger partial charge in [-0.15, -0.1) is 0 Å². The minimum atomic E-state index is -1.20. The Morgan fingerprint density at radius 1 is 1.41 bits per heavy atom. The predicted octanol–water partition coefficient (Wildman–Crippen LogP) is 0.232. The van der Waals surface area contributed by atoms with Gasteiger partial charge in [0.1, 0.15) is 5.75 Å². The molecular formula is C11H13NO5. The number of hydrogen-bond donors (Lipinski definition) is 3. The van der Waals surface area contributed by atoms with Crippen molar-refractivity contribution in [3.8, 4) is 5.75 Å². The third-order valence-electron chi connectivity index (χ3n) is 2.17. The van der Waals surface area contributed by atoms with Crippen LogP contribution in [0.15, 0.2) is 24.3 Å². The topological polar surface area (TPSA) is 98.1 Å². The van der Waals surface area contributed by atoms with Gasteiger partial charge in [0, 0.05) is 13.5 Å². The van der Waals surface area contributed by atoms with Gasteiger partial charge in [-0.3, -0.25) is 14.8 Å². The number of aliphatic hydroxyl groups excluding tert-OH is 1. The summed E-state index contributed by atoms with van der Waals surface area (Å²) >= 11 is 0. The maximum absolute atomic E-state index is 11.3. The molecule has 0 saturated heterocycles. The normalized spacial score (nSPS) is 11.9. The van der Waals surface area contributed by atoms with Gasteiger partial charge in [0.25, 0.3) is 0 Å². The number of hydrogen-bond acceptors (Lipinski definition) is 5. The molecule has 92 valence electrons. The maximum atomic E-state index is 11.3. The van der Waals surface area contributed by atoms with Crippen LogP contribution in [0.25, 0.3) is 0 Å². The summed E-state index contributed by atoms with van der Waals surface area (Å²) in [5.74, 6) is -2.05. The Labute approximate surface area is 97.7 Å². The number of aromatic hydroxyl groups is 1. The summed E-state index contributed by atoms with van der Waals surface area (Å²) in [5, 5.41) is 27.8. The monoisotopic (exact) mass is 239 g/mol. The highest BCUT2D eigenvalue weighted by atomic mass is 16.5. The number of carbonyl (C=O) groups excluding carboxylic acids is 2. The second-order valence-corrected chi connectivity index (χ2v) is 3.57. The second-order valence-electron chi connectivity index (χ2n) is 3.57. The van der Waals surface area contributed by atoms with E-state index in [2.05, 4.69) is 0 Å². The van der Waals surface area contributed by atoms with E-state index in [-0.39, 0.29) is 10.8 Å². The SMILES string of the molecule is CN(O)C(=O)C(=O)CC(O)c1cccc(O)c1. The summed E-state index contributed by atoms with van der Waals surface area (Å²) in [4.78, 5) is 22.3. The van der Waals surface area contributed by atoms with Crippen molar-refractivity contribution in [3.63, 3.8) is 0 Å². The van der Waals surface area contributed by atoms with Gasteiger partial charge in [0.2, 0.25) is 5.78 Å². The van der Waals surface area contributed by atoms with Crippen LogP contribution in [0.3, 0.4) is 0 Å². The highest BCUT2D eigenvalue weighted by molar-refractivity contribution is 6.35. The number of rotatable bonds is 4. The molecule has 1 amide bonds. The van der Waals surface area contributed by atoms with Crippen molar-refractivity contribution >= 4 is 11.7 Å². The first-order valence-electron chi connectivity index (χ1n) is 4.88. The molecule has 0 aliphatic heterocycles. The van der Waals surface area contributed by atoms with E-state index < -0.39 is 24.2 Å². The molecule has 17 heavy (non-hydrogen) atoms. The van der Waals surface area contributed by atoms with Crippen molar-refractivity contribution in [1.82, 2.24) is 5.06 Å². The van der Waals surface area contributed by atoms with E-state index >= 15 is 0 Å². The number of carbonyl (C=O) groups is 2. The summed E-state index contributed by atoms with van der Waals surface area (Å²) < 4.78 is 0. The van der Waals surface area contributed by atoms with E-state index in [4.69, 9.17) is 5.21 Å². The Balaban J connectivity index is 2.70. The Morgan fingerprint density at radius 2 is 2.06 bits per heavy atom. The molecule has 1 aromatic carbocycles. The Hall–Kier alpha value is -1.92. The molecule has 0 radical (unpaired) electrons. The molecular weight excluding hydrogens is 226 g/mol. The molecule has 1 atom stereocenters. The molecule has 6 nitrogen and oxygen atoms in total. The predicted molar refractivity (Wildman–Crippen MR) is 57.2 cm³/mol. The molecule has 3 N–H and O–H groups in total. The van der Waals surface area contributed by atoms with E-state index in [0.29, 0.717) is 5.56 Å². The van der Waals surface area contributed by atoms with Gasteiger partial charge in [0.05, 0.1) is 6.10 Å². The Kier molecular flexibility index (Phi) is 4.19. The first kappa shape index (κ1) is 13.1. The highest BCUT2D eigenvalue weighted by Crippen LogP contribution is 2.20. The van der Waals surface area contributed by atoms with Gasteiger partial charge in [-0.25, -0.2) is 5.06 Å². The summed E-state index contributed by atoms with van der Waals surface area (Å²) in [6, 6.07) is 5.75. The van der Waals surface area contributed by atoms with Crippen LogP contribution in [0, 0.1) is 0 Å². The van der Waals surface area contributed by atoms with E-state index in [1.54, 1.807) is 0 Å². The lowest BCUT2D eigenvalue weighted by Crippen LogP contribution is -2.31. The van der Waals surface area contributed by atoms with Crippen LogP contribution >= 0.6 is 0 Å². The zero-order valence-electron chi connectivity index (χ0n) is 9.20. The molecule has 1 aromatic rings. The standard InChI is InChI=1S/C11H13NO5/c1-12(17)11(16)10(15)6-9(14)7-3-2-4-8(13)5-7/h2-5,9,13-14,17H,6H2,1H3. The number of aliphatic hydroxyl groups is 1. The van der Waals surface area contributed by atoms with E-state index in [9.17, 15) is 19.8 Å². The lowest BCUT2D eigenvalue weighted by Gasteiger charge is -2.11. The first-order chi connectivity index (χ1) is 7.91. The molecule has 1 rings (SSSR count). The molecule has 1 unspecified atom stereocenters. The minimum absolute atomic E-state index is 0.0420. The van der Waals surface area contributed by atoms with Crippen LogP contribution in [0.2, 0.25) is 0 Å². The number of benzene rings is 1. The molecule has 0 spiro atoms. The number of amides is 1. The molecule has 0 fully saturated rings. The fraction of sp³-hybridized carbons (Fsp3) is 0.273. The van der Waals surface area contributed by atoms with Crippen molar-refractivity contribution < 1.29 is 25.0 Å². The van der Waals surface area contributed by atoms with E-state index in [1.165, 1.54) is 24.3 Å². The molecule has 0 heterocycles. The summed E-state index contributed by atoms with van der Waals surface area (Å²) in [6.45, 7) is 0. The smallest absolute Gasteiger partial charge is 0.313 e. The first-order valence-corrected chi connectivity index (χ1v) is 4.88. The third kappa shape index (κ3) is 3.54. The lowest BCUT2D eigenvalue weighted by molar-refractivity contribution is -0.166. The molecule has 0 aromatic heterocycles. The molecule has 6 heteroatoms. The average molecular weight is 239 g/mol. The number of phenolic OH excluding ortho intramolecular Hbond substituents is 1. The van der Waals surface area contributed by atoms with E-state index in [1.807, 2.05) is 0 Å². The molecule has 0 saturated carbocycles. The number of phenols is 1. The second kappa shape index (κ2) is 5.42. The maximum Gasteiger partial charge on any atom is 0.313 e. The van der Waals surface area contributed by atoms with Crippen molar-refractivity contribution in [2.24, 2.45) is 0 Å². The van der Waals surface area contributed by atoms with Crippen LogP contribution in [-0.4, -0.2) is 39.2 Å². The van der Waals surface area contributed by atoms with Crippen LogP contribution in [0.5, 0.6) is 5.75 Å². The van der Waals surface area contributed by atoms with Crippen molar-refractivity contribution in [2.45, 2.75) is 12.5 Å². The summed E-state index contributed by atoms with van der Waals surface area (Å²) in [6.07, 6.45) is -1.65. The molecule has 0 bridgehead atoms. The number of likely N-dealkylation sites (N-methyl/N-ethyl adjacent to an activating group) is 1.